The molecule has 0 saturated heterocycles. The van der Waals surface area contributed by atoms with Crippen molar-refractivity contribution in [1.82, 2.24) is 9.62 Å². The van der Waals surface area contributed by atoms with Gasteiger partial charge in [0.05, 0.1) is 31.4 Å². The maximum Gasteiger partial charge on any atom is 0.243 e. The smallest absolute Gasteiger partial charge is 0.243 e. The SMILES string of the molecule is COc1ccc(C)cc1CCNC(=O)CN(Cc1ccco1)S(=O)(=O)c1ccc(C)cc1. The quantitative estimate of drug-likeness (QED) is 0.505. The van der Waals surface area contributed by atoms with Gasteiger partial charge in [0.15, 0.2) is 0 Å². The van der Waals surface area contributed by atoms with Gasteiger partial charge in [-0.2, -0.15) is 4.31 Å². The van der Waals surface area contributed by atoms with Crippen molar-refractivity contribution in [2.24, 2.45) is 0 Å². The molecular formula is C24H28N2O5S. The van der Waals surface area contributed by atoms with Crippen molar-refractivity contribution in [3.8, 4) is 5.75 Å². The van der Waals surface area contributed by atoms with Crippen LogP contribution in [0.4, 0.5) is 0 Å². The number of nitrogens with one attached hydrogen (secondary N) is 1. The number of carbonyl (C=O) groups is 1. The van der Waals surface area contributed by atoms with E-state index in [1.807, 2.05) is 32.0 Å². The number of ether oxygens (including phenoxy) is 1. The number of sulfonamides is 1. The van der Waals surface area contributed by atoms with Crippen LogP contribution in [0.2, 0.25) is 0 Å². The predicted molar refractivity (Wildman–Crippen MR) is 122 cm³/mol. The zero-order chi connectivity index (χ0) is 23.1. The summed E-state index contributed by atoms with van der Waals surface area (Å²) < 4.78 is 38.2. The van der Waals surface area contributed by atoms with Gasteiger partial charge in [0.25, 0.3) is 0 Å². The highest BCUT2D eigenvalue weighted by Crippen LogP contribution is 2.21. The third-order valence-electron chi connectivity index (χ3n) is 5.04. The molecule has 8 heteroatoms. The number of methoxy groups -OCH3 is 1. The van der Waals surface area contributed by atoms with Crippen molar-refractivity contribution in [2.75, 3.05) is 20.2 Å². The molecule has 0 radical (unpaired) electrons. The molecule has 2 aromatic carbocycles. The Morgan fingerprint density at radius 2 is 1.78 bits per heavy atom. The molecular weight excluding hydrogens is 428 g/mol. The fourth-order valence-corrected chi connectivity index (χ4v) is 4.68. The van der Waals surface area contributed by atoms with Gasteiger partial charge >= 0.3 is 0 Å². The van der Waals surface area contributed by atoms with Crippen molar-refractivity contribution in [3.63, 3.8) is 0 Å². The van der Waals surface area contributed by atoms with Crippen LogP contribution in [0.1, 0.15) is 22.5 Å². The van der Waals surface area contributed by atoms with Crippen molar-refractivity contribution in [2.45, 2.75) is 31.7 Å². The standard InChI is InChI=1S/C24H28N2O5S/c1-18-6-9-22(10-7-18)32(28,29)26(16-21-5-4-14-31-21)17-24(27)25-13-12-20-15-19(2)8-11-23(20)30-3/h4-11,14-15H,12-13,16-17H2,1-3H3,(H,25,27). The Labute approximate surface area is 189 Å². The van der Waals surface area contributed by atoms with E-state index in [-0.39, 0.29) is 23.9 Å². The minimum absolute atomic E-state index is 0.0394. The minimum atomic E-state index is -3.89. The molecule has 0 aliphatic heterocycles. The molecule has 1 N–H and O–H groups in total. The number of benzene rings is 2. The number of furan rings is 1. The summed E-state index contributed by atoms with van der Waals surface area (Å²) >= 11 is 0. The Balaban J connectivity index is 1.70. The lowest BCUT2D eigenvalue weighted by atomic mass is 10.1. The van der Waals surface area contributed by atoms with E-state index < -0.39 is 10.0 Å². The fourth-order valence-electron chi connectivity index (χ4n) is 3.32. The lowest BCUT2D eigenvalue weighted by Crippen LogP contribution is -2.40. The van der Waals surface area contributed by atoms with Crippen molar-refractivity contribution in [3.05, 3.63) is 83.3 Å². The second-order valence-electron chi connectivity index (χ2n) is 7.58. The molecule has 0 saturated carbocycles. The molecule has 0 bridgehead atoms. The van der Waals surface area contributed by atoms with Gasteiger partial charge in [-0.3, -0.25) is 4.79 Å². The summed E-state index contributed by atoms with van der Waals surface area (Å²) in [6, 6.07) is 15.8. The third kappa shape index (κ3) is 5.99. The average molecular weight is 457 g/mol. The second kappa shape index (κ2) is 10.5. The molecule has 0 aliphatic rings. The van der Waals surface area contributed by atoms with Gasteiger partial charge in [0, 0.05) is 6.54 Å². The number of aryl methyl sites for hydroxylation is 2. The van der Waals surface area contributed by atoms with Crippen LogP contribution in [0.3, 0.4) is 0 Å². The highest BCUT2D eigenvalue weighted by molar-refractivity contribution is 7.89. The summed E-state index contributed by atoms with van der Waals surface area (Å²) in [6.07, 6.45) is 2.04. The highest BCUT2D eigenvalue weighted by atomic mass is 32.2. The molecule has 0 unspecified atom stereocenters. The molecule has 7 nitrogen and oxygen atoms in total. The van der Waals surface area contributed by atoms with Gasteiger partial charge in [-0.1, -0.05) is 35.4 Å². The van der Waals surface area contributed by atoms with Crippen LogP contribution in [0.5, 0.6) is 5.75 Å². The van der Waals surface area contributed by atoms with Gasteiger partial charge in [-0.25, -0.2) is 8.42 Å². The molecule has 0 spiro atoms. The molecule has 1 aromatic heterocycles. The Morgan fingerprint density at radius 3 is 2.44 bits per heavy atom. The van der Waals surface area contributed by atoms with Crippen LogP contribution in [-0.2, 0) is 27.8 Å². The van der Waals surface area contributed by atoms with Crippen LogP contribution in [-0.4, -0.2) is 38.8 Å². The topological polar surface area (TPSA) is 88.8 Å². The molecule has 1 amide bonds. The molecule has 32 heavy (non-hydrogen) atoms. The van der Waals surface area contributed by atoms with Crippen molar-refractivity contribution in [1.29, 1.82) is 0 Å². The van der Waals surface area contributed by atoms with Crippen molar-refractivity contribution >= 4 is 15.9 Å². The van der Waals surface area contributed by atoms with Gasteiger partial charge in [0.1, 0.15) is 11.5 Å². The Morgan fingerprint density at radius 1 is 1.06 bits per heavy atom. The lowest BCUT2D eigenvalue weighted by molar-refractivity contribution is -0.121. The molecule has 170 valence electrons. The number of hydrogen-bond acceptors (Lipinski definition) is 5. The fraction of sp³-hybridized carbons (Fsp3) is 0.292. The van der Waals surface area contributed by atoms with E-state index in [9.17, 15) is 13.2 Å². The Kier molecular flexibility index (Phi) is 7.71. The lowest BCUT2D eigenvalue weighted by Gasteiger charge is -2.21. The van der Waals surface area contributed by atoms with E-state index in [1.165, 1.54) is 6.26 Å². The van der Waals surface area contributed by atoms with E-state index in [4.69, 9.17) is 9.15 Å². The van der Waals surface area contributed by atoms with Crippen LogP contribution >= 0.6 is 0 Å². The van der Waals surface area contributed by atoms with Crippen LogP contribution < -0.4 is 10.1 Å². The van der Waals surface area contributed by atoms with E-state index in [1.54, 1.807) is 43.5 Å². The first-order chi connectivity index (χ1) is 15.3. The normalized spacial score (nSPS) is 11.5. The van der Waals surface area contributed by atoms with E-state index in [0.29, 0.717) is 18.7 Å². The summed E-state index contributed by atoms with van der Waals surface area (Å²) in [4.78, 5) is 12.8. The highest BCUT2D eigenvalue weighted by Gasteiger charge is 2.27. The zero-order valence-corrected chi connectivity index (χ0v) is 19.3. The van der Waals surface area contributed by atoms with Gasteiger partial charge in [-0.05, 0) is 56.2 Å². The second-order valence-corrected chi connectivity index (χ2v) is 9.52. The van der Waals surface area contributed by atoms with Crippen LogP contribution in [0, 0.1) is 13.8 Å². The molecule has 0 fully saturated rings. The number of amides is 1. The third-order valence-corrected chi connectivity index (χ3v) is 6.85. The summed E-state index contributed by atoms with van der Waals surface area (Å²) in [7, 11) is -2.28. The molecule has 1 heterocycles. The van der Waals surface area contributed by atoms with Gasteiger partial charge in [0.2, 0.25) is 15.9 Å². The molecule has 0 aliphatic carbocycles. The van der Waals surface area contributed by atoms with E-state index in [0.717, 1.165) is 26.7 Å². The summed E-state index contributed by atoms with van der Waals surface area (Å²) in [5.41, 5.74) is 3.03. The molecule has 0 atom stereocenters. The monoisotopic (exact) mass is 456 g/mol. The van der Waals surface area contributed by atoms with Crippen LogP contribution in [0.15, 0.2) is 70.2 Å². The maximum absolute atomic E-state index is 13.2. The summed E-state index contributed by atoms with van der Waals surface area (Å²) in [5, 5.41) is 2.81. The van der Waals surface area contributed by atoms with Crippen molar-refractivity contribution < 1.29 is 22.4 Å². The molecule has 3 rings (SSSR count). The Bertz CT molecular complexity index is 1140. The maximum atomic E-state index is 13.2. The minimum Gasteiger partial charge on any atom is -0.496 e. The number of hydrogen-bond donors (Lipinski definition) is 1. The summed E-state index contributed by atoms with van der Waals surface area (Å²) in [6.45, 7) is 3.87. The van der Waals surface area contributed by atoms with Gasteiger partial charge < -0.3 is 14.5 Å². The summed E-state index contributed by atoms with van der Waals surface area (Å²) in [5.74, 6) is 0.822. The largest absolute Gasteiger partial charge is 0.496 e. The van der Waals surface area contributed by atoms with Gasteiger partial charge in [-0.15, -0.1) is 0 Å². The van der Waals surface area contributed by atoms with E-state index in [2.05, 4.69) is 5.32 Å². The number of carbonyl (C=O) groups excluding carboxylic acids is 1. The first-order valence-electron chi connectivity index (χ1n) is 10.3. The van der Waals surface area contributed by atoms with Crippen LogP contribution in [0.25, 0.3) is 0 Å². The Hall–Kier alpha value is -3.10. The first kappa shape index (κ1) is 23.6. The molecule has 3 aromatic rings. The predicted octanol–water partition coefficient (Wildman–Crippen LogP) is 3.45. The number of rotatable bonds is 10. The number of nitrogens with zero attached hydrogens (tertiary/aromatic N) is 1. The van der Waals surface area contributed by atoms with E-state index >= 15 is 0 Å². The average Bonchev–Trinajstić information content (AvgIpc) is 3.27. The first-order valence-corrected chi connectivity index (χ1v) is 11.7. The zero-order valence-electron chi connectivity index (χ0n) is 18.5.